The Balaban J connectivity index is 1.76. The molecule has 1 fully saturated rings. The van der Waals surface area contributed by atoms with E-state index in [4.69, 9.17) is 14.0 Å². The quantitative estimate of drug-likeness (QED) is 0.736. The van der Waals surface area contributed by atoms with Gasteiger partial charge in [-0.1, -0.05) is 31.8 Å². The normalized spacial score (nSPS) is 15.6. The Morgan fingerprint density at radius 3 is 2.64 bits per heavy atom. The lowest BCUT2D eigenvalue weighted by molar-refractivity contribution is 0.0891. The number of aryl methyl sites for hydroxylation is 1. The summed E-state index contributed by atoms with van der Waals surface area (Å²) in [6.07, 6.45) is 4.58. The molecule has 0 spiro atoms. The highest BCUT2D eigenvalue weighted by atomic mass is 16.5. The van der Waals surface area contributed by atoms with Crippen LogP contribution < -0.4 is 14.8 Å². The molecular formula is C21H29N3O4. The average molecular weight is 387 g/mol. The van der Waals surface area contributed by atoms with Gasteiger partial charge in [0.05, 0.1) is 13.7 Å². The molecule has 7 heteroatoms. The maximum absolute atomic E-state index is 13.0. The SMILES string of the molecule is COc1cc(C(=O)NC2(c3noc(C)n3)CCCC2)ccc1OCCC(C)C. The first-order valence-corrected chi connectivity index (χ1v) is 9.87. The van der Waals surface area contributed by atoms with E-state index >= 15 is 0 Å². The minimum absolute atomic E-state index is 0.184. The van der Waals surface area contributed by atoms with Gasteiger partial charge in [0.15, 0.2) is 17.3 Å². The number of carbonyl (C=O) groups is 1. The largest absolute Gasteiger partial charge is 0.493 e. The van der Waals surface area contributed by atoms with Gasteiger partial charge in [-0.25, -0.2) is 0 Å². The number of rotatable bonds is 8. The van der Waals surface area contributed by atoms with Crippen LogP contribution in [0.1, 0.15) is 68.0 Å². The Bertz CT molecular complexity index is 810. The van der Waals surface area contributed by atoms with E-state index in [0.29, 0.717) is 41.3 Å². The molecule has 0 unspecified atom stereocenters. The topological polar surface area (TPSA) is 86.5 Å². The van der Waals surface area contributed by atoms with Crippen LogP contribution >= 0.6 is 0 Å². The van der Waals surface area contributed by atoms with Crippen LogP contribution in [0.25, 0.3) is 0 Å². The van der Waals surface area contributed by atoms with Gasteiger partial charge < -0.3 is 19.3 Å². The van der Waals surface area contributed by atoms with Gasteiger partial charge in [-0.05, 0) is 43.4 Å². The fraction of sp³-hybridized carbons (Fsp3) is 0.571. The monoisotopic (exact) mass is 387 g/mol. The number of amides is 1. The van der Waals surface area contributed by atoms with Crippen molar-refractivity contribution in [2.45, 2.75) is 58.4 Å². The van der Waals surface area contributed by atoms with Crippen LogP contribution in [-0.4, -0.2) is 29.8 Å². The molecule has 1 aliphatic rings. The van der Waals surface area contributed by atoms with Gasteiger partial charge in [-0.15, -0.1) is 0 Å². The van der Waals surface area contributed by atoms with E-state index in [1.165, 1.54) is 0 Å². The van der Waals surface area contributed by atoms with Crippen LogP contribution in [0, 0.1) is 12.8 Å². The summed E-state index contributed by atoms with van der Waals surface area (Å²) in [6, 6.07) is 5.25. The highest BCUT2D eigenvalue weighted by Gasteiger charge is 2.41. The first kappa shape index (κ1) is 20.2. The number of benzene rings is 1. The Morgan fingerprint density at radius 2 is 2.04 bits per heavy atom. The molecule has 1 amide bonds. The Kier molecular flexibility index (Phi) is 6.21. The molecule has 1 N–H and O–H groups in total. The third-order valence-electron chi connectivity index (χ3n) is 5.14. The van der Waals surface area contributed by atoms with Crippen LogP contribution in [0.2, 0.25) is 0 Å². The van der Waals surface area contributed by atoms with Gasteiger partial charge in [-0.2, -0.15) is 4.98 Å². The van der Waals surface area contributed by atoms with Crippen molar-refractivity contribution in [3.05, 3.63) is 35.5 Å². The van der Waals surface area contributed by atoms with Gasteiger partial charge in [-0.3, -0.25) is 4.79 Å². The second kappa shape index (κ2) is 8.63. The molecule has 7 nitrogen and oxygen atoms in total. The average Bonchev–Trinajstić information content (AvgIpc) is 3.31. The zero-order valence-corrected chi connectivity index (χ0v) is 17.1. The maximum Gasteiger partial charge on any atom is 0.252 e. The molecule has 0 saturated heterocycles. The number of methoxy groups -OCH3 is 1. The maximum atomic E-state index is 13.0. The number of nitrogens with one attached hydrogen (secondary N) is 1. The molecule has 0 radical (unpaired) electrons. The fourth-order valence-electron chi connectivity index (χ4n) is 3.50. The van der Waals surface area contributed by atoms with Gasteiger partial charge in [0.2, 0.25) is 5.89 Å². The van der Waals surface area contributed by atoms with Crippen molar-refractivity contribution in [2.24, 2.45) is 5.92 Å². The molecular weight excluding hydrogens is 358 g/mol. The molecule has 2 aromatic rings. The Labute approximate surface area is 165 Å². The number of hydrogen-bond acceptors (Lipinski definition) is 6. The molecule has 28 heavy (non-hydrogen) atoms. The number of ether oxygens (including phenoxy) is 2. The second-order valence-electron chi connectivity index (χ2n) is 7.78. The molecule has 1 aromatic heterocycles. The van der Waals surface area contributed by atoms with Crippen LogP contribution in [-0.2, 0) is 5.54 Å². The molecule has 0 aliphatic heterocycles. The predicted octanol–water partition coefficient (Wildman–Crippen LogP) is 4.01. The van der Waals surface area contributed by atoms with Crippen LogP contribution in [0.15, 0.2) is 22.7 Å². The molecule has 3 rings (SSSR count). The molecule has 1 saturated carbocycles. The summed E-state index contributed by atoms with van der Waals surface area (Å²) < 4.78 is 16.4. The molecule has 1 aromatic carbocycles. The van der Waals surface area contributed by atoms with Crippen LogP contribution in [0.3, 0.4) is 0 Å². The number of carbonyl (C=O) groups excluding carboxylic acids is 1. The van der Waals surface area contributed by atoms with E-state index in [1.807, 2.05) is 0 Å². The van der Waals surface area contributed by atoms with Crippen LogP contribution in [0.4, 0.5) is 0 Å². The molecule has 1 heterocycles. The molecule has 1 aliphatic carbocycles. The van der Waals surface area contributed by atoms with Gasteiger partial charge in [0.25, 0.3) is 5.91 Å². The standard InChI is InChI=1S/C21H29N3O4/c1-14(2)9-12-27-17-8-7-16(13-18(17)26-4)19(25)23-21(10-5-6-11-21)20-22-15(3)28-24-20/h7-8,13-14H,5-6,9-12H2,1-4H3,(H,23,25). The van der Waals surface area contributed by atoms with E-state index in [0.717, 1.165) is 32.1 Å². The third kappa shape index (κ3) is 4.46. The first-order chi connectivity index (χ1) is 13.4. The predicted molar refractivity (Wildman–Crippen MR) is 105 cm³/mol. The van der Waals surface area contributed by atoms with Crippen molar-refractivity contribution in [1.82, 2.24) is 15.5 Å². The summed E-state index contributed by atoms with van der Waals surface area (Å²) in [7, 11) is 1.58. The van der Waals surface area contributed by atoms with E-state index in [-0.39, 0.29) is 5.91 Å². The highest BCUT2D eigenvalue weighted by molar-refractivity contribution is 5.95. The summed E-state index contributed by atoms with van der Waals surface area (Å²) in [5, 5.41) is 7.21. The van der Waals surface area contributed by atoms with Gasteiger partial charge in [0.1, 0.15) is 5.54 Å². The van der Waals surface area contributed by atoms with Crippen LogP contribution in [0.5, 0.6) is 11.5 Å². The van der Waals surface area contributed by atoms with Gasteiger partial charge in [0, 0.05) is 12.5 Å². The summed E-state index contributed by atoms with van der Waals surface area (Å²) in [4.78, 5) is 17.3. The van der Waals surface area contributed by atoms with Crippen molar-refractivity contribution in [2.75, 3.05) is 13.7 Å². The van der Waals surface area contributed by atoms with E-state index < -0.39 is 5.54 Å². The highest BCUT2D eigenvalue weighted by Crippen LogP contribution is 2.38. The lowest BCUT2D eigenvalue weighted by atomic mass is 9.96. The lowest BCUT2D eigenvalue weighted by Gasteiger charge is -2.27. The summed E-state index contributed by atoms with van der Waals surface area (Å²) >= 11 is 0. The van der Waals surface area contributed by atoms with E-state index in [1.54, 1.807) is 32.2 Å². The minimum Gasteiger partial charge on any atom is -0.493 e. The van der Waals surface area contributed by atoms with E-state index in [2.05, 4.69) is 29.3 Å². The van der Waals surface area contributed by atoms with Crippen molar-refractivity contribution in [1.29, 1.82) is 0 Å². The number of hydrogen-bond donors (Lipinski definition) is 1. The Morgan fingerprint density at radius 1 is 1.29 bits per heavy atom. The molecule has 0 atom stereocenters. The van der Waals surface area contributed by atoms with Crippen molar-refractivity contribution < 1.29 is 18.8 Å². The fourth-order valence-corrected chi connectivity index (χ4v) is 3.50. The Hall–Kier alpha value is -2.57. The zero-order valence-electron chi connectivity index (χ0n) is 17.1. The van der Waals surface area contributed by atoms with E-state index in [9.17, 15) is 4.79 Å². The van der Waals surface area contributed by atoms with Crippen molar-refractivity contribution in [3.8, 4) is 11.5 Å². The zero-order chi connectivity index (χ0) is 20.1. The smallest absolute Gasteiger partial charge is 0.252 e. The summed E-state index contributed by atoms with van der Waals surface area (Å²) in [5.41, 5.74) is -0.0614. The van der Waals surface area contributed by atoms with Crippen molar-refractivity contribution >= 4 is 5.91 Å². The molecule has 0 bridgehead atoms. The summed E-state index contributed by atoms with van der Waals surface area (Å²) in [6.45, 7) is 6.67. The molecule has 152 valence electrons. The van der Waals surface area contributed by atoms with Gasteiger partial charge >= 0.3 is 0 Å². The summed E-state index contributed by atoms with van der Waals surface area (Å²) in [5.74, 6) is 2.62. The number of nitrogens with zero attached hydrogens (tertiary/aromatic N) is 2. The third-order valence-corrected chi connectivity index (χ3v) is 5.14. The minimum atomic E-state index is -0.575. The van der Waals surface area contributed by atoms with Crippen molar-refractivity contribution in [3.63, 3.8) is 0 Å². The first-order valence-electron chi connectivity index (χ1n) is 9.87. The lowest BCUT2D eigenvalue weighted by Crippen LogP contribution is -2.44. The second-order valence-corrected chi connectivity index (χ2v) is 7.78. The number of aromatic nitrogens is 2.